The van der Waals surface area contributed by atoms with Crippen LogP contribution in [0.5, 0.6) is 5.75 Å². The first-order valence-electron chi connectivity index (χ1n) is 9.06. The number of amides is 1. The van der Waals surface area contributed by atoms with Crippen LogP contribution in [0.3, 0.4) is 0 Å². The summed E-state index contributed by atoms with van der Waals surface area (Å²) in [6.45, 7) is 1.23. The molecule has 1 N–H and O–H groups in total. The van der Waals surface area contributed by atoms with Crippen LogP contribution < -0.4 is 15.0 Å². The zero-order valence-electron chi connectivity index (χ0n) is 15.1. The molecule has 1 aliphatic carbocycles. The Morgan fingerprint density at radius 1 is 1.30 bits per heavy atom. The molecule has 0 atom stereocenters. The lowest BCUT2D eigenvalue weighted by atomic mass is 9.98. The monoisotopic (exact) mass is 367 g/mol. The number of hydrogen-bond donors (Lipinski definition) is 1. The molecule has 7 heteroatoms. The predicted molar refractivity (Wildman–Crippen MR) is 101 cm³/mol. The maximum absolute atomic E-state index is 12.2. The lowest BCUT2D eigenvalue weighted by Gasteiger charge is -2.31. The van der Waals surface area contributed by atoms with Crippen LogP contribution in [-0.2, 0) is 13.0 Å². The first kappa shape index (κ1) is 17.3. The molecule has 0 saturated heterocycles. The standard InChI is InChI=1S/C20H21N3O4/c1-27-19-4-2-3-14-12-22(10-9-16(14)19)17-8-5-13(11-18(17)23(25)26)20(24)21-15-6-7-15/h2-5,8,11,15H,6-7,9-10,12H2,1H3,(H,21,24). The molecule has 140 valence electrons. The highest BCUT2D eigenvalue weighted by molar-refractivity contribution is 5.96. The van der Waals surface area contributed by atoms with Gasteiger partial charge in [-0.1, -0.05) is 12.1 Å². The number of methoxy groups -OCH3 is 1. The van der Waals surface area contributed by atoms with Gasteiger partial charge in [0.15, 0.2) is 0 Å². The van der Waals surface area contributed by atoms with Crippen molar-refractivity contribution in [1.29, 1.82) is 0 Å². The largest absolute Gasteiger partial charge is 0.496 e. The third kappa shape index (κ3) is 3.45. The van der Waals surface area contributed by atoms with Crippen LogP contribution in [0.1, 0.15) is 34.3 Å². The van der Waals surface area contributed by atoms with Crippen molar-refractivity contribution in [3.05, 3.63) is 63.2 Å². The van der Waals surface area contributed by atoms with Crippen molar-refractivity contribution in [2.24, 2.45) is 0 Å². The maximum Gasteiger partial charge on any atom is 0.293 e. The zero-order chi connectivity index (χ0) is 19.0. The number of nitro benzene ring substituents is 1. The number of hydrogen-bond acceptors (Lipinski definition) is 5. The molecular formula is C20H21N3O4. The quantitative estimate of drug-likeness (QED) is 0.648. The van der Waals surface area contributed by atoms with E-state index in [2.05, 4.69) is 5.32 Å². The molecule has 2 aliphatic rings. The molecule has 1 amide bonds. The highest BCUT2D eigenvalue weighted by atomic mass is 16.6. The Hall–Kier alpha value is -3.09. The summed E-state index contributed by atoms with van der Waals surface area (Å²) in [5.41, 5.74) is 3.09. The number of benzene rings is 2. The van der Waals surface area contributed by atoms with Gasteiger partial charge in [0.05, 0.1) is 12.0 Å². The van der Waals surface area contributed by atoms with Crippen molar-refractivity contribution in [3.63, 3.8) is 0 Å². The number of nitrogens with one attached hydrogen (secondary N) is 1. The Bertz CT molecular complexity index is 908. The van der Waals surface area contributed by atoms with Crippen molar-refractivity contribution in [2.45, 2.75) is 31.8 Å². The summed E-state index contributed by atoms with van der Waals surface area (Å²) < 4.78 is 5.42. The molecule has 0 spiro atoms. The van der Waals surface area contributed by atoms with Crippen molar-refractivity contribution < 1.29 is 14.5 Å². The van der Waals surface area contributed by atoms with E-state index in [1.54, 1.807) is 19.2 Å². The Kier molecular flexibility index (Phi) is 4.43. The molecule has 0 aromatic heterocycles. The van der Waals surface area contributed by atoms with E-state index in [0.717, 1.165) is 36.1 Å². The average Bonchev–Trinajstić information content (AvgIpc) is 3.50. The minimum absolute atomic E-state index is 0.0372. The van der Waals surface area contributed by atoms with Gasteiger partial charge < -0.3 is 15.0 Å². The molecule has 2 aromatic rings. The van der Waals surface area contributed by atoms with E-state index in [-0.39, 0.29) is 17.6 Å². The Balaban J connectivity index is 1.63. The van der Waals surface area contributed by atoms with Crippen LogP contribution in [0.4, 0.5) is 11.4 Å². The van der Waals surface area contributed by atoms with Crippen molar-refractivity contribution in [2.75, 3.05) is 18.6 Å². The number of nitrogens with zero attached hydrogens (tertiary/aromatic N) is 2. The fourth-order valence-corrected chi connectivity index (χ4v) is 3.55. The number of nitro groups is 1. The first-order valence-corrected chi connectivity index (χ1v) is 9.06. The van der Waals surface area contributed by atoms with Crippen LogP contribution in [0.25, 0.3) is 0 Å². The summed E-state index contributed by atoms with van der Waals surface area (Å²) in [7, 11) is 1.65. The highest BCUT2D eigenvalue weighted by Gasteiger charge is 2.28. The molecule has 0 unspecified atom stereocenters. The maximum atomic E-state index is 12.2. The average molecular weight is 367 g/mol. The highest BCUT2D eigenvalue weighted by Crippen LogP contribution is 2.35. The third-order valence-electron chi connectivity index (χ3n) is 5.13. The molecule has 4 rings (SSSR count). The van der Waals surface area contributed by atoms with Gasteiger partial charge in [-0.05, 0) is 43.0 Å². The number of carbonyl (C=O) groups excluding carboxylic acids is 1. The van der Waals surface area contributed by atoms with Gasteiger partial charge in [-0.15, -0.1) is 0 Å². The molecule has 0 radical (unpaired) electrons. The molecular weight excluding hydrogens is 346 g/mol. The Morgan fingerprint density at radius 2 is 2.11 bits per heavy atom. The van der Waals surface area contributed by atoms with Crippen molar-refractivity contribution >= 4 is 17.3 Å². The summed E-state index contributed by atoms with van der Waals surface area (Å²) in [5, 5.41) is 14.5. The SMILES string of the molecule is COc1cccc2c1CCN(c1ccc(C(=O)NC3CC3)cc1[N+](=O)[O-])C2. The number of anilines is 1. The summed E-state index contributed by atoms with van der Waals surface area (Å²) in [4.78, 5) is 25.5. The Morgan fingerprint density at radius 3 is 2.81 bits per heavy atom. The molecule has 7 nitrogen and oxygen atoms in total. The summed E-state index contributed by atoms with van der Waals surface area (Å²) in [6, 6.07) is 10.8. The Labute approximate surface area is 157 Å². The minimum Gasteiger partial charge on any atom is -0.496 e. The van der Waals surface area contributed by atoms with Gasteiger partial charge in [0.2, 0.25) is 0 Å². The van der Waals surface area contributed by atoms with E-state index in [9.17, 15) is 14.9 Å². The van der Waals surface area contributed by atoms with Gasteiger partial charge >= 0.3 is 0 Å². The first-order chi connectivity index (χ1) is 13.1. The normalized spacial score (nSPS) is 15.8. The van der Waals surface area contributed by atoms with E-state index >= 15 is 0 Å². The van der Waals surface area contributed by atoms with Crippen LogP contribution in [0.2, 0.25) is 0 Å². The van der Waals surface area contributed by atoms with Gasteiger partial charge in [-0.25, -0.2) is 0 Å². The second-order valence-electron chi connectivity index (χ2n) is 6.98. The van der Waals surface area contributed by atoms with Crippen LogP contribution in [0.15, 0.2) is 36.4 Å². The molecule has 2 aromatic carbocycles. The summed E-state index contributed by atoms with van der Waals surface area (Å²) >= 11 is 0. The number of carbonyl (C=O) groups is 1. The third-order valence-corrected chi connectivity index (χ3v) is 5.13. The van der Waals surface area contributed by atoms with Gasteiger partial charge in [0, 0.05) is 36.3 Å². The van der Waals surface area contributed by atoms with Gasteiger partial charge in [0.25, 0.3) is 11.6 Å². The van der Waals surface area contributed by atoms with Crippen molar-refractivity contribution in [3.8, 4) is 5.75 Å². The van der Waals surface area contributed by atoms with Crippen LogP contribution in [0, 0.1) is 10.1 Å². The number of rotatable bonds is 5. The minimum atomic E-state index is -0.412. The summed E-state index contributed by atoms with van der Waals surface area (Å²) in [5.74, 6) is 0.606. The van der Waals surface area contributed by atoms with E-state index in [0.29, 0.717) is 24.3 Å². The number of ether oxygens (including phenoxy) is 1. The summed E-state index contributed by atoms with van der Waals surface area (Å²) in [6.07, 6.45) is 2.70. The fraction of sp³-hybridized carbons (Fsp3) is 0.350. The van der Waals surface area contributed by atoms with Gasteiger partial charge in [0.1, 0.15) is 11.4 Å². The fourth-order valence-electron chi connectivity index (χ4n) is 3.55. The van der Waals surface area contributed by atoms with Crippen LogP contribution in [-0.4, -0.2) is 30.5 Å². The van der Waals surface area contributed by atoms with E-state index in [4.69, 9.17) is 4.74 Å². The second kappa shape index (κ2) is 6.90. The van der Waals surface area contributed by atoms with Crippen molar-refractivity contribution in [1.82, 2.24) is 5.32 Å². The zero-order valence-corrected chi connectivity index (χ0v) is 15.1. The topological polar surface area (TPSA) is 84.7 Å². The predicted octanol–water partition coefficient (Wildman–Crippen LogP) is 3.06. The van der Waals surface area contributed by atoms with Gasteiger partial charge in [-0.2, -0.15) is 0 Å². The van der Waals surface area contributed by atoms with Gasteiger partial charge in [-0.3, -0.25) is 14.9 Å². The smallest absolute Gasteiger partial charge is 0.293 e. The van der Waals surface area contributed by atoms with E-state index in [1.807, 2.05) is 23.1 Å². The second-order valence-corrected chi connectivity index (χ2v) is 6.98. The molecule has 1 aliphatic heterocycles. The molecule has 1 heterocycles. The molecule has 1 fully saturated rings. The molecule has 1 saturated carbocycles. The molecule has 0 bridgehead atoms. The lowest BCUT2D eigenvalue weighted by Crippen LogP contribution is -2.31. The van der Waals surface area contributed by atoms with E-state index < -0.39 is 4.92 Å². The number of fused-ring (bicyclic) bond motifs is 1. The molecule has 27 heavy (non-hydrogen) atoms. The van der Waals surface area contributed by atoms with Crippen LogP contribution >= 0.6 is 0 Å². The lowest BCUT2D eigenvalue weighted by molar-refractivity contribution is -0.384. The van der Waals surface area contributed by atoms with E-state index in [1.165, 1.54) is 6.07 Å².